The predicted octanol–water partition coefficient (Wildman–Crippen LogP) is 4.26. The SMILES string of the molecule is CCn1c(NC)c(C(N)=O)c(=O)c2cnc(Nc3ccc(C4CCN(CCC(F)(F)F)CC4)cc3OC)nc21.Cl. The molecule has 40 heavy (non-hydrogen) atoms. The topological polar surface area (TPSA) is 127 Å². The number of carbonyl (C=O) groups excluding carboxylic acids is 1. The third kappa shape index (κ3) is 6.58. The van der Waals surface area contributed by atoms with Gasteiger partial charge in [-0.15, -0.1) is 12.4 Å². The number of hydrogen-bond donors (Lipinski definition) is 3. The Hall–Kier alpha value is -3.58. The number of likely N-dealkylation sites (tertiary alicyclic amines) is 1. The van der Waals surface area contributed by atoms with Crippen molar-refractivity contribution >= 4 is 46.8 Å². The second-order valence-electron chi connectivity index (χ2n) is 9.41. The number of amides is 1. The molecule has 2 aromatic heterocycles. The second-order valence-corrected chi connectivity index (χ2v) is 9.41. The number of benzene rings is 1. The van der Waals surface area contributed by atoms with Crippen molar-refractivity contribution in [3.63, 3.8) is 0 Å². The van der Waals surface area contributed by atoms with Crippen LogP contribution >= 0.6 is 12.4 Å². The number of hydrogen-bond acceptors (Lipinski definition) is 8. The molecular weight excluding hydrogens is 551 g/mol. The van der Waals surface area contributed by atoms with Gasteiger partial charge in [-0.3, -0.25) is 9.59 Å². The molecule has 4 N–H and O–H groups in total. The number of rotatable bonds is 9. The Morgan fingerprint density at radius 2 is 1.95 bits per heavy atom. The highest BCUT2D eigenvalue weighted by Crippen LogP contribution is 2.35. The van der Waals surface area contributed by atoms with Gasteiger partial charge < -0.3 is 30.6 Å². The molecule has 0 spiro atoms. The number of methoxy groups -OCH3 is 1. The molecule has 1 aromatic carbocycles. The largest absolute Gasteiger partial charge is 0.495 e. The summed E-state index contributed by atoms with van der Waals surface area (Å²) in [5, 5.41) is 6.18. The molecule has 14 heteroatoms. The average Bonchev–Trinajstić information content (AvgIpc) is 2.91. The Bertz CT molecular complexity index is 1420. The highest BCUT2D eigenvalue weighted by Gasteiger charge is 2.29. The van der Waals surface area contributed by atoms with E-state index in [-0.39, 0.29) is 47.6 Å². The van der Waals surface area contributed by atoms with Gasteiger partial charge in [0.15, 0.2) is 5.65 Å². The number of aryl methyl sites for hydroxylation is 1. The van der Waals surface area contributed by atoms with Gasteiger partial charge in [0.1, 0.15) is 17.1 Å². The van der Waals surface area contributed by atoms with Crippen LogP contribution in [0.5, 0.6) is 5.75 Å². The molecule has 1 aliphatic heterocycles. The molecule has 0 atom stereocenters. The van der Waals surface area contributed by atoms with Gasteiger partial charge in [0.05, 0.1) is 24.6 Å². The number of nitrogens with zero attached hydrogens (tertiary/aromatic N) is 4. The van der Waals surface area contributed by atoms with E-state index in [1.165, 1.54) is 6.20 Å². The van der Waals surface area contributed by atoms with Gasteiger partial charge in [0.25, 0.3) is 5.91 Å². The first-order valence-corrected chi connectivity index (χ1v) is 12.7. The zero-order chi connectivity index (χ0) is 28.3. The van der Waals surface area contributed by atoms with Crippen molar-refractivity contribution in [1.82, 2.24) is 19.4 Å². The molecule has 1 aliphatic rings. The van der Waals surface area contributed by atoms with E-state index in [0.29, 0.717) is 36.7 Å². The van der Waals surface area contributed by atoms with E-state index >= 15 is 0 Å². The van der Waals surface area contributed by atoms with Crippen LogP contribution in [0.2, 0.25) is 0 Å². The van der Waals surface area contributed by atoms with Crippen molar-refractivity contribution in [2.45, 2.75) is 44.8 Å². The minimum absolute atomic E-state index is 0. The Kier molecular flexibility index (Phi) is 9.85. The molecule has 1 amide bonds. The van der Waals surface area contributed by atoms with Crippen LogP contribution in [0.1, 0.15) is 48.0 Å². The Morgan fingerprint density at radius 1 is 1.25 bits per heavy atom. The maximum atomic E-state index is 12.9. The molecular formula is C26H33ClF3N7O3. The molecule has 0 bridgehead atoms. The fourth-order valence-electron chi connectivity index (χ4n) is 5.04. The number of alkyl halides is 3. The zero-order valence-electron chi connectivity index (χ0n) is 22.5. The monoisotopic (exact) mass is 583 g/mol. The van der Waals surface area contributed by atoms with Crippen LogP contribution in [0, 0.1) is 0 Å². The summed E-state index contributed by atoms with van der Waals surface area (Å²) in [6.07, 6.45) is -2.05. The van der Waals surface area contributed by atoms with Crippen molar-refractivity contribution in [3.8, 4) is 5.75 Å². The normalized spacial score (nSPS) is 14.6. The molecule has 1 saturated heterocycles. The summed E-state index contributed by atoms with van der Waals surface area (Å²) in [5.41, 5.74) is 6.75. The number of nitrogens with two attached hydrogens (primary N) is 1. The lowest BCUT2D eigenvalue weighted by Gasteiger charge is -2.32. The van der Waals surface area contributed by atoms with Gasteiger partial charge >= 0.3 is 6.18 Å². The van der Waals surface area contributed by atoms with Gasteiger partial charge in [-0.05, 0) is 56.5 Å². The van der Waals surface area contributed by atoms with Gasteiger partial charge in [0, 0.05) is 26.3 Å². The molecule has 0 radical (unpaired) electrons. The Labute approximate surface area is 235 Å². The third-order valence-corrected chi connectivity index (χ3v) is 7.04. The molecule has 1 fully saturated rings. The van der Waals surface area contributed by atoms with Crippen LogP contribution in [0.25, 0.3) is 11.0 Å². The van der Waals surface area contributed by atoms with Crippen LogP contribution in [0.3, 0.4) is 0 Å². The Morgan fingerprint density at radius 3 is 2.52 bits per heavy atom. The number of pyridine rings is 1. The Balaban J connectivity index is 0.00000441. The smallest absolute Gasteiger partial charge is 0.390 e. The zero-order valence-corrected chi connectivity index (χ0v) is 23.3. The summed E-state index contributed by atoms with van der Waals surface area (Å²) >= 11 is 0. The number of fused-ring (bicyclic) bond motifs is 1. The fourth-order valence-corrected chi connectivity index (χ4v) is 5.04. The van der Waals surface area contributed by atoms with Crippen LogP contribution < -0.4 is 26.5 Å². The third-order valence-electron chi connectivity index (χ3n) is 7.04. The predicted molar refractivity (Wildman–Crippen MR) is 150 cm³/mol. The summed E-state index contributed by atoms with van der Waals surface area (Å²) < 4.78 is 44.9. The lowest BCUT2D eigenvalue weighted by molar-refractivity contribution is -0.138. The van der Waals surface area contributed by atoms with E-state index in [9.17, 15) is 22.8 Å². The van der Waals surface area contributed by atoms with Crippen LogP contribution in [-0.4, -0.2) is 65.3 Å². The van der Waals surface area contributed by atoms with Gasteiger partial charge in [-0.25, -0.2) is 4.98 Å². The fraction of sp³-hybridized carbons (Fsp3) is 0.462. The number of halogens is 4. The van der Waals surface area contributed by atoms with E-state index < -0.39 is 23.9 Å². The molecule has 0 saturated carbocycles. The number of nitrogens with one attached hydrogen (secondary N) is 2. The minimum atomic E-state index is -4.14. The van der Waals surface area contributed by atoms with Crippen molar-refractivity contribution in [3.05, 3.63) is 45.7 Å². The van der Waals surface area contributed by atoms with Crippen molar-refractivity contribution in [2.24, 2.45) is 5.73 Å². The first-order valence-electron chi connectivity index (χ1n) is 12.7. The summed E-state index contributed by atoms with van der Waals surface area (Å²) in [6, 6.07) is 5.72. The second kappa shape index (κ2) is 12.7. The lowest BCUT2D eigenvalue weighted by atomic mass is 9.89. The van der Waals surface area contributed by atoms with Crippen LogP contribution in [0.15, 0.2) is 29.2 Å². The molecule has 218 valence electrons. The van der Waals surface area contributed by atoms with E-state index in [1.807, 2.05) is 30.0 Å². The van der Waals surface area contributed by atoms with Crippen LogP contribution in [-0.2, 0) is 6.54 Å². The first-order chi connectivity index (χ1) is 18.6. The summed E-state index contributed by atoms with van der Waals surface area (Å²) in [5.74, 6) is 0.432. The van der Waals surface area contributed by atoms with Crippen molar-refractivity contribution in [1.29, 1.82) is 0 Å². The highest BCUT2D eigenvalue weighted by atomic mass is 35.5. The molecule has 10 nitrogen and oxygen atoms in total. The van der Waals surface area contributed by atoms with Crippen molar-refractivity contribution in [2.75, 3.05) is 44.4 Å². The van der Waals surface area contributed by atoms with Gasteiger partial charge in [0.2, 0.25) is 11.4 Å². The standard InChI is InChI=1S/C26H32F3N7O3.ClH/c1-4-36-23-17(21(37)20(22(30)38)24(36)31-2)14-32-25(34-23)33-18-6-5-16(13-19(18)39-3)15-7-10-35(11-8-15)12-9-26(27,28)29;/h5-6,13-15,31H,4,7-12H2,1-3H3,(H2,30,38)(H,32,33,34);1H. The average molecular weight is 584 g/mol. The number of carbonyl (C=O) groups is 1. The summed E-state index contributed by atoms with van der Waals surface area (Å²) in [7, 11) is 3.14. The van der Waals surface area contributed by atoms with Gasteiger partial charge in [-0.2, -0.15) is 18.2 Å². The van der Waals surface area contributed by atoms with E-state index in [1.54, 1.807) is 18.7 Å². The lowest BCUT2D eigenvalue weighted by Crippen LogP contribution is -2.35. The van der Waals surface area contributed by atoms with E-state index in [2.05, 4.69) is 20.6 Å². The van der Waals surface area contributed by atoms with Crippen molar-refractivity contribution < 1.29 is 22.7 Å². The first kappa shape index (κ1) is 31.0. The maximum absolute atomic E-state index is 12.9. The maximum Gasteiger partial charge on any atom is 0.390 e. The quantitative estimate of drug-likeness (QED) is 0.341. The number of piperidine rings is 1. The minimum Gasteiger partial charge on any atom is -0.495 e. The van der Waals surface area contributed by atoms with E-state index in [0.717, 1.165) is 18.4 Å². The number of aromatic nitrogens is 3. The molecule has 0 aliphatic carbocycles. The number of ether oxygens (including phenoxy) is 1. The summed E-state index contributed by atoms with van der Waals surface area (Å²) in [4.78, 5) is 35.6. The molecule has 3 aromatic rings. The van der Waals surface area contributed by atoms with Gasteiger partial charge in [-0.1, -0.05) is 6.07 Å². The molecule has 3 heterocycles. The van der Waals surface area contributed by atoms with Crippen LogP contribution in [0.4, 0.5) is 30.6 Å². The summed E-state index contributed by atoms with van der Waals surface area (Å²) in [6.45, 7) is 3.52. The molecule has 4 rings (SSSR count). The molecule has 0 unspecified atom stereocenters. The number of primary amides is 1. The number of anilines is 3. The van der Waals surface area contributed by atoms with E-state index in [4.69, 9.17) is 10.5 Å². The highest BCUT2D eigenvalue weighted by molar-refractivity contribution is 6.01.